The van der Waals surface area contributed by atoms with Gasteiger partial charge in [-0.1, -0.05) is 22.0 Å². The fourth-order valence-corrected chi connectivity index (χ4v) is 1.93. The van der Waals surface area contributed by atoms with Crippen LogP contribution in [0, 0.1) is 0 Å². The maximum absolute atomic E-state index is 10.8. The highest BCUT2D eigenvalue weighted by Crippen LogP contribution is 2.32. The first-order valence-corrected chi connectivity index (χ1v) is 4.88. The van der Waals surface area contributed by atoms with Crippen LogP contribution < -0.4 is 5.06 Å². The van der Waals surface area contributed by atoms with Gasteiger partial charge in [0.1, 0.15) is 0 Å². The molecule has 0 aliphatic carbocycles. The van der Waals surface area contributed by atoms with Gasteiger partial charge >= 0.3 is 5.97 Å². The molecule has 0 fully saturated rings. The zero-order valence-corrected chi connectivity index (χ0v) is 8.73. The lowest BCUT2D eigenvalue weighted by atomic mass is 10.1. The second kappa shape index (κ2) is 3.25. The lowest BCUT2D eigenvalue weighted by Gasteiger charge is -2.15. The molecule has 1 aromatic rings. The van der Waals surface area contributed by atoms with Gasteiger partial charge < -0.3 is 5.11 Å². The summed E-state index contributed by atoms with van der Waals surface area (Å²) in [5.41, 5.74) is 1.41. The number of hydrogen-bond acceptors (Lipinski definition) is 3. The van der Waals surface area contributed by atoms with Crippen LogP contribution in [0.15, 0.2) is 22.7 Å². The fourth-order valence-electron chi connectivity index (χ4n) is 1.58. The van der Waals surface area contributed by atoms with Gasteiger partial charge in [0.15, 0.2) is 6.04 Å². The summed E-state index contributed by atoms with van der Waals surface area (Å²) in [4.78, 5) is 10.8. The average Bonchev–Trinajstić information content (AvgIpc) is 2.44. The number of anilines is 1. The minimum absolute atomic E-state index is 0.342. The molecule has 5 heteroatoms. The van der Waals surface area contributed by atoms with Crippen LogP contribution in [0.25, 0.3) is 0 Å². The number of carboxylic acids is 1. The molecule has 0 radical (unpaired) electrons. The fraction of sp³-hybridized carbons (Fsp3) is 0.222. The van der Waals surface area contributed by atoms with Crippen molar-refractivity contribution in [2.45, 2.75) is 12.5 Å². The summed E-state index contributed by atoms with van der Waals surface area (Å²) in [6, 6.07) is 4.49. The van der Waals surface area contributed by atoms with E-state index in [0.29, 0.717) is 12.1 Å². The smallest absolute Gasteiger partial charge is 0.329 e. The number of carbonyl (C=O) groups is 1. The Bertz CT molecular complexity index is 394. The number of fused-ring (bicyclic) bond motifs is 1. The summed E-state index contributed by atoms with van der Waals surface area (Å²) in [5, 5.41) is 19.2. The molecule has 0 spiro atoms. The Hall–Kier alpha value is -1.07. The number of rotatable bonds is 1. The molecular weight excluding hydrogens is 250 g/mol. The monoisotopic (exact) mass is 257 g/mol. The molecule has 74 valence electrons. The highest BCUT2D eigenvalue weighted by Gasteiger charge is 2.33. The summed E-state index contributed by atoms with van der Waals surface area (Å²) in [6.07, 6.45) is 0.342. The van der Waals surface area contributed by atoms with Crippen LogP contribution in [0.2, 0.25) is 0 Å². The molecule has 0 saturated heterocycles. The van der Waals surface area contributed by atoms with Crippen LogP contribution in [-0.2, 0) is 11.2 Å². The molecule has 0 amide bonds. The number of benzene rings is 1. The minimum Gasteiger partial charge on any atom is -0.480 e. The van der Waals surface area contributed by atoms with Crippen molar-refractivity contribution in [1.29, 1.82) is 0 Å². The van der Waals surface area contributed by atoms with Gasteiger partial charge in [-0.3, -0.25) is 5.21 Å². The van der Waals surface area contributed by atoms with Crippen molar-refractivity contribution in [2.24, 2.45) is 0 Å². The van der Waals surface area contributed by atoms with E-state index in [-0.39, 0.29) is 0 Å². The first-order valence-electron chi connectivity index (χ1n) is 4.09. The van der Waals surface area contributed by atoms with Crippen LogP contribution in [0.4, 0.5) is 5.69 Å². The van der Waals surface area contributed by atoms with Gasteiger partial charge in [-0.05, 0) is 17.7 Å². The molecule has 4 nitrogen and oxygen atoms in total. The third-order valence-electron chi connectivity index (χ3n) is 2.29. The molecule has 1 atom stereocenters. The first kappa shape index (κ1) is 9.48. The van der Waals surface area contributed by atoms with Crippen molar-refractivity contribution in [3.63, 3.8) is 0 Å². The molecule has 0 saturated carbocycles. The predicted octanol–water partition coefficient (Wildman–Crippen LogP) is 1.65. The Kier molecular flexibility index (Phi) is 2.20. The standard InChI is InChI=1S/C9H8BrNO3/c10-6-2-1-5-3-8(9(12)13)11(14)7(5)4-6/h1-2,4,8,14H,3H2,(H,12,13). The maximum Gasteiger partial charge on any atom is 0.329 e. The minimum atomic E-state index is -1.01. The molecule has 0 aromatic heterocycles. The van der Waals surface area contributed by atoms with E-state index in [1.54, 1.807) is 6.07 Å². The van der Waals surface area contributed by atoms with Gasteiger partial charge in [-0.15, -0.1) is 0 Å². The Morgan fingerprint density at radius 2 is 2.29 bits per heavy atom. The van der Waals surface area contributed by atoms with Crippen LogP contribution in [0.5, 0.6) is 0 Å². The number of nitrogens with zero attached hydrogens (tertiary/aromatic N) is 1. The topological polar surface area (TPSA) is 60.8 Å². The predicted molar refractivity (Wildman–Crippen MR) is 53.5 cm³/mol. The van der Waals surface area contributed by atoms with Gasteiger partial charge in [0, 0.05) is 10.9 Å². The molecule has 2 rings (SSSR count). The normalized spacial score (nSPS) is 19.6. The first-order chi connectivity index (χ1) is 6.59. The van der Waals surface area contributed by atoms with Crippen molar-refractivity contribution < 1.29 is 15.1 Å². The molecule has 1 unspecified atom stereocenters. The number of hydroxylamine groups is 1. The van der Waals surface area contributed by atoms with Crippen LogP contribution >= 0.6 is 15.9 Å². The van der Waals surface area contributed by atoms with E-state index in [2.05, 4.69) is 15.9 Å². The van der Waals surface area contributed by atoms with Crippen LogP contribution in [-0.4, -0.2) is 22.3 Å². The third kappa shape index (κ3) is 1.38. The summed E-state index contributed by atoms with van der Waals surface area (Å²) in [5.74, 6) is -1.01. The number of aliphatic carboxylic acids is 1. The number of halogens is 1. The summed E-state index contributed by atoms with van der Waals surface area (Å²) < 4.78 is 0.821. The van der Waals surface area contributed by atoms with E-state index in [1.807, 2.05) is 12.1 Å². The lowest BCUT2D eigenvalue weighted by molar-refractivity contribution is -0.139. The summed E-state index contributed by atoms with van der Waals surface area (Å²) in [7, 11) is 0. The second-order valence-electron chi connectivity index (χ2n) is 3.18. The van der Waals surface area contributed by atoms with E-state index in [9.17, 15) is 10.0 Å². The maximum atomic E-state index is 10.8. The largest absolute Gasteiger partial charge is 0.480 e. The van der Waals surface area contributed by atoms with Crippen LogP contribution in [0.1, 0.15) is 5.56 Å². The zero-order chi connectivity index (χ0) is 10.3. The highest BCUT2D eigenvalue weighted by molar-refractivity contribution is 9.10. The highest BCUT2D eigenvalue weighted by atomic mass is 79.9. The summed E-state index contributed by atoms with van der Waals surface area (Å²) >= 11 is 3.26. The van der Waals surface area contributed by atoms with Crippen molar-refractivity contribution in [1.82, 2.24) is 0 Å². The van der Waals surface area contributed by atoms with Gasteiger partial charge in [0.05, 0.1) is 5.69 Å². The lowest BCUT2D eigenvalue weighted by Crippen LogP contribution is -2.35. The van der Waals surface area contributed by atoms with Gasteiger partial charge in [-0.25, -0.2) is 9.86 Å². The molecular formula is C9H8BrNO3. The van der Waals surface area contributed by atoms with Gasteiger partial charge in [0.25, 0.3) is 0 Å². The Balaban J connectivity index is 2.41. The van der Waals surface area contributed by atoms with E-state index in [0.717, 1.165) is 15.1 Å². The van der Waals surface area contributed by atoms with Gasteiger partial charge in [0.2, 0.25) is 0 Å². The molecule has 2 N–H and O–H groups in total. The Labute approximate surface area is 88.9 Å². The molecule has 0 bridgehead atoms. The molecule has 14 heavy (non-hydrogen) atoms. The molecule has 1 aliphatic rings. The number of carboxylic acid groups (broad SMARTS) is 1. The SMILES string of the molecule is O=C(O)C1Cc2ccc(Br)cc2N1O. The molecule has 1 aromatic carbocycles. The van der Waals surface area contributed by atoms with Crippen molar-refractivity contribution in [3.8, 4) is 0 Å². The van der Waals surface area contributed by atoms with E-state index in [4.69, 9.17) is 5.11 Å². The van der Waals surface area contributed by atoms with Crippen molar-refractivity contribution in [3.05, 3.63) is 28.2 Å². The van der Waals surface area contributed by atoms with Crippen molar-refractivity contribution >= 4 is 27.6 Å². The van der Waals surface area contributed by atoms with Crippen LogP contribution in [0.3, 0.4) is 0 Å². The number of hydrogen-bond donors (Lipinski definition) is 2. The van der Waals surface area contributed by atoms with E-state index < -0.39 is 12.0 Å². The van der Waals surface area contributed by atoms with E-state index in [1.165, 1.54) is 0 Å². The molecule has 1 aliphatic heterocycles. The van der Waals surface area contributed by atoms with E-state index >= 15 is 0 Å². The Morgan fingerprint density at radius 3 is 2.93 bits per heavy atom. The second-order valence-corrected chi connectivity index (χ2v) is 4.09. The average molecular weight is 258 g/mol. The van der Waals surface area contributed by atoms with Crippen molar-refractivity contribution in [2.75, 3.05) is 5.06 Å². The quantitative estimate of drug-likeness (QED) is 0.804. The summed E-state index contributed by atoms with van der Waals surface area (Å²) in [6.45, 7) is 0. The van der Waals surface area contributed by atoms with Gasteiger partial charge in [-0.2, -0.15) is 0 Å². The molecule has 1 heterocycles. The third-order valence-corrected chi connectivity index (χ3v) is 2.78. The zero-order valence-electron chi connectivity index (χ0n) is 7.14. The Morgan fingerprint density at radius 1 is 1.57 bits per heavy atom.